The summed E-state index contributed by atoms with van der Waals surface area (Å²) in [5.41, 5.74) is 0. The standard InChI is InChI=1S/C12H19N3O4S/c1-7-10-9(15(11(7)16)20(2,18)19)3-4-14(10)12(17)8-5-13-6-8/h7-10,13H,3-6H2,1-2H3/t7-,9?,10-/m0/s1. The summed E-state index contributed by atoms with van der Waals surface area (Å²) in [4.78, 5) is 26.3. The average molecular weight is 301 g/mol. The van der Waals surface area contributed by atoms with Gasteiger partial charge in [0.05, 0.1) is 30.2 Å². The Hall–Kier alpha value is -1.15. The van der Waals surface area contributed by atoms with Gasteiger partial charge >= 0.3 is 0 Å². The van der Waals surface area contributed by atoms with Crippen LogP contribution in [0.25, 0.3) is 0 Å². The maximum absolute atomic E-state index is 12.4. The molecule has 112 valence electrons. The molecule has 0 aromatic heterocycles. The lowest BCUT2D eigenvalue weighted by atomic mass is 9.97. The second-order valence-electron chi connectivity index (χ2n) is 5.92. The first-order valence-electron chi connectivity index (χ1n) is 6.87. The van der Waals surface area contributed by atoms with Crippen molar-refractivity contribution in [2.75, 3.05) is 25.9 Å². The van der Waals surface area contributed by atoms with Crippen molar-refractivity contribution in [2.24, 2.45) is 11.8 Å². The number of fused-ring (bicyclic) bond motifs is 1. The molecule has 2 amide bonds. The number of rotatable bonds is 2. The molecule has 20 heavy (non-hydrogen) atoms. The molecule has 3 rings (SSSR count). The van der Waals surface area contributed by atoms with Gasteiger partial charge < -0.3 is 10.2 Å². The quantitative estimate of drug-likeness (QED) is 0.679. The van der Waals surface area contributed by atoms with Crippen LogP contribution in [0.15, 0.2) is 0 Å². The van der Waals surface area contributed by atoms with E-state index in [2.05, 4.69) is 5.32 Å². The highest BCUT2D eigenvalue weighted by Gasteiger charge is 2.56. The molecule has 0 radical (unpaired) electrons. The Morgan fingerprint density at radius 3 is 2.50 bits per heavy atom. The van der Waals surface area contributed by atoms with Crippen LogP contribution in [0.4, 0.5) is 0 Å². The SMILES string of the molecule is C[C@@H]1C(=O)N(S(C)(=O)=O)C2CCN(C(=O)C3CNC3)[C@H]21. The third-order valence-corrected chi connectivity index (χ3v) is 5.78. The summed E-state index contributed by atoms with van der Waals surface area (Å²) in [6.07, 6.45) is 1.60. The van der Waals surface area contributed by atoms with Gasteiger partial charge in [-0.2, -0.15) is 0 Å². The molecular weight excluding hydrogens is 282 g/mol. The van der Waals surface area contributed by atoms with E-state index in [4.69, 9.17) is 0 Å². The molecule has 3 aliphatic rings. The van der Waals surface area contributed by atoms with Crippen molar-refractivity contribution in [2.45, 2.75) is 25.4 Å². The number of nitrogens with one attached hydrogen (secondary N) is 1. The first-order valence-corrected chi connectivity index (χ1v) is 8.71. The number of sulfonamides is 1. The van der Waals surface area contributed by atoms with E-state index in [1.54, 1.807) is 11.8 Å². The lowest BCUT2D eigenvalue weighted by Gasteiger charge is -2.34. The van der Waals surface area contributed by atoms with E-state index in [0.29, 0.717) is 26.1 Å². The maximum atomic E-state index is 12.4. The zero-order chi connectivity index (χ0) is 14.7. The normalized spacial score (nSPS) is 34.3. The lowest BCUT2D eigenvalue weighted by molar-refractivity contribution is -0.139. The van der Waals surface area contributed by atoms with Crippen LogP contribution in [0.5, 0.6) is 0 Å². The van der Waals surface area contributed by atoms with E-state index < -0.39 is 15.9 Å². The highest BCUT2D eigenvalue weighted by molar-refractivity contribution is 7.88. The Balaban J connectivity index is 1.87. The number of likely N-dealkylation sites (tertiary alicyclic amines) is 1. The van der Waals surface area contributed by atoms with E-state index in [9.17, 15) is 18.0 Å². The van der Waals surface area contributed by atoms with Gasteiger partial charge in [0.15, 0.2) is 0 Å². The molecule has 3 saturated heterocycles. The molecule has 3 atom stereocenters. The molecule has 3 aliphatic heterocycles. The molecule has 0 saturated carbocycles. The van der Waals surface area contributed by atoms with Crippen LogP contribution in [0.1, 0.15) is 13.3 Å². The molecule has 1 unspecified atom stereocenters. The highest BCUT2D eigenvalue weighted by Crippen LogP contribution is 2.38. The third kappa shape index (κ3) is 1.85. The fraction of sp³-hybridized carbons (Fsp3) is 0.833. The van der Waals surface area contributed by atoms with Crippen molar-refractivity contribution in [3.8, 4) is 0 Å². The minimum absolute atomic E-state index is 0.0247. The Kier molecular flexibility index (Phi) is 3.06. The Morgan fingerprint density at radius 1 is 1.35 bits per heavy atom. The topological polar surface area (TPSA) is 86.8 Å². The number of nitrogens with zero attached hydrogens (tertiary/aromatic N) is 2. The van der Waals surface area contributed by atoms with Gasteiger partial charge in [-0.15, -0.1) is 0 Å². The minimum Gasteiger partial charge on any atom is -0.336 e. The largest absolute Gasteiger partial charge is 0.336 e. The second kappa shape index (κ2) is 4.42. The summed E-state index contributed by atoms with van der Waals surface area (Å²) in [6.45, 7) is 3.60. The summed E-state index contributed by atoms with van der Waals surface area (Å²) in [6, 6.07) is -0.685. The van der Waals surface area contributed by atoms with Crippen LogP contribution in [-0.4, -0.2) is 67.4 Å². The van der Waals surface area contributed by atoms with Crippen molar-refractivity contribution < 1.29 is 18.0 Å². The molecule has 3 heterocycles. The highest BCUT2D eigenvalue weighted by atomic mass is 32.2. The molecule has 7 nitrogen and oxygen atoms in total. The maximum Gasteiger partial charge on any atom is 0.241 e. The molecule has 8 heteroatoms. The van der Waals surface area contributed by atoms with Gasteiger partial charge in [-0.25, -0.2) is 12.7 Å². The van der Waals surface area contributed by atoms with Crippen molar-refractivity contribution in [1.29, 1.82) is 0 Å². The zero-order valence-corrected chi connectivity index (χ0v) is 12.4. The monoisotopic (exact) mass is 301 g/mol. The molecule has 0 spiro atoms. The molecule has 0 aliphatic carbocycles. The number of amides is 2. The molecule has 1 N–H and O–H groups in total. The molecular formula is C12H19N3O4S. The van der Waals surface area contributed by atoms with E-state index in [1.807, 2.05) is 0 Å². The summed E-state index contributed by atoms with van der Waals surface area (Å²) < 4.78 is 24.6. The van der Waals surface area contributed by atoms with Crippen LogP contribution >= 0.6 is 0 Å². The molecule has 0 aromatic carbocycles. The number of hydrogen-bond acceptors (Lipinski definition) is 5. The summed E-state index contributed by atoms with van der Waals surface area (Å²) in [7, 11) is -3.57. The van der Waals surface area contributed by atoms with Crippen molar-refractivity contribution in [1.82, 2.24) is 14.5 Å². The van der Waals surface area contributed by atoms with E-state index in [-0.39, 0.29) is 29.8 Å². The van der Waals surface area contributed by atoms with Gasteiger partial charge in [0.1, 0.15) is 0 Å². The summed E-state index contributed by atoms with van der Waals surface area (Å²) in [5, 5.41) is 3.06. The lowest BCUT2D eigenvalue weighted by Crippen LogP contribution is -2.54. The van der Waals surface area contributed by atoms with Crippen LogP contribution < -0.4 is 5.32 Å². The fourth-order valence-electron chi connectivity index (χ4n) is 3.53. The van der Waals surface area contributed by atoms with Crippen LogP contribution in [0, 0.1) is 11.8 Å². The molecule has 3 fully saturated rings. The second-order valence-corrected chi connectivity index (χ2v) is 7.78. The van der Waals surface area contributed by atoms with E-state index in [1.165, 1.54) is 0 Å². The van der Waals surface area contributed by atoms with Crippen LogP contribution in [0.3, 0.4) is 0 Å². The number of carbonyl (C=O) groups excluding carboxylic acids is 2. The van der Waals surface area contributed by atoms with Crippen molar-refractivity contribution in [3.63, 3.8) is 0 Å². The smallest absolute Gasteiger partial charge is 0.241 e. The van der Waals surface area contributed by atoms with Gasteiger partial charge in [0.2, 0.25) is 21.8 Å². The van der Waals surface area contributed by atoms with Crippen LogP contribution in [-0.2, 0) is 19.6 Å². The summed E-state index contributed by atoms with van der Waals surface area (Å²) >= 11 is 0. The van der Waals surface area contributed by atoms with E-state index >= 15 is 0 Å². The predicted molar refractivity (Wildman–Crippen MR) is 71.1 cm³/mol. The van der Waals surface area contributed by atoms with Crippen LogP contribution in [0.2, 0.25) is 0 Å². The Bertz CT molecular complexity index is 557. The Morgan fingerprint density at radius 2 is 2.00 bits per heavy atom. The van der Waals surface area contributed by atoms with Gasteiger partial charge in [-0.1, -0.05) is 6.92 Å². The first-order chi connectivity index (χ1) is 9.32. The van der Waals surface area contributed by atoms with Crippen molar-refractivity contribution >= 4 is 21.8 Å². The van der Waals surface area contributed by atoms with E-state index in [0.717, 1.165) is 10.6 Å². The Labute approximate surface area is 118 Å². The van der Waals surface area contributed by atoms with Gasteiger partial charge in [0.25, 0.3) is 0 Å². The minimum atomic E-state index is -3.57. The van der Waals surface area contributed by atoms with Gasteiger partial charge in [0, 0.05) is 19.6 Å². The average Bonchev–Trinajstić information content (AvgIpc) is 2.76. The van der Waals surface area contributed by atoms with Crippen molar-refractivity contribution in [3.05, 3.63) is 0 Å². The molecule has 0 bridgehead atoms. The summed E-state index contributed by atoms with van der Waals surface area (Å²) in [5.74, 6) is -0.810. The third-order valence-electron chi connectivity index (χ3n) is 4.61. The predicted octanol–water partition coefficient (Wildman–Crippen LogP) is -1.39. The first kappa shape index (κ1) is 13.8. The zero-order valence-electron chi connectivity index (χ0n) is 11.6. The number of carbonyl (C=O) groups is 2. The van der Waals surface area contributed by atoms with Gasteiger partial charge in [-0.05, 0) is 6.42 Å². The number of hydrogen-bond donors (Lipinski definition) is 1. The van der Waals surface area contributed by atoms with Gasteiger partial charge in [-0.3, -0.25) is 9.59 Å². The fourth-order valence-corrected chi connectivity index (χ4v) is 4.75. The molecule has 0 aromatic rings.